The molecule has 0 radical (unpaired) electrons. The van der Waals surface area contributed by atoms with Gasteiger partial charge < -0.3 is 14.6 Å². The topological polar surface area (TPSA) is 68.7 Å². The van der Waals surface area contributed by atoms with Crippen LogP contribution >= 0.6 is 11.6 Å². The van der Waals surface area contributed by atoms with Crippen LogP contribution in [-0.4, -0.2) is 29.3 Å². The number of nitrogens with zero attached hydrogens (tertiary/aromatic N) is 1. The minimum atomic E-state index is -0.906. The van der Waals surface area contributed by atoms with E-state index in [1.54, 1.807) is 0 Å². The third-order valence-electron chi connectivity index (χ3n) is 7.47. The minimum absolute atomic E-state index is 0.389. The third-order valence-corrected chi connectivity index (χ3v) is 7.71. The van der Waals surface area contributed by atoms with Crippen LogP contribution in [0, 0.1) is 0 Å². The first kappa shape index (κ1) is 24.8. The predicted octanol–water partition coefficient (Wildman–Crippen LogP) is 7.08. The average Bonchev–Trinajstić information content (AvgIpc) is 3.60. The van der Waals surface area contributed by atoms with Crippen LogP contribution in [0.5, 0.6) is 0 Å². The maximum Gasteiger partial charge on any atom is 0.335 e. The van der Waals surface area contributed by atoms with Gasteiger partial charge in [0.05, 0.1) is 30.0 Å². The minimum Gasteiger partial charge on any atom is -0.478 e. The molecule has 1 N–H and O–H groups in total. The molecule has 2 aliphatic rings. The summed E-state index contributed by atoms with van der Waals surface area (Å²) in [5.41, 5.74) is 7.28. The van der Waals surface area contributed by atoms with E-state index in [0.717, 1.165) is 58.1 Å². The Morgan fingerprint density at radius 1 is 0.974 bits per heavy atom. The van der Waals surface area contributed by atoms with E-state index in [0.29, 0.717) is 36.6 Å². The van der Waals surface area contributed by atoms with Gasteiger partial charge in [0.15, 0.2) is 5.79 Å². The van der Waals surface area contributed by atoms with E-state index in [2.05, 4.69) is 12.1 Å². The van der Waals surface area contributed by atoms with Crippen molar-refractivity contribution in [2.75, 3.05) is 13.2 Å². The summed E-state index contributed by atoms with van der Waals surface area (Å²) < 4.78 is 12.4. The van der Waals surface area contributed by atoms with Gasteiger partial charge in [0.1, 0.15) is 0 Å². The van der Waals surface area contributed by atoms with E-state index in [-0.39, 0.29) is 0 Å². The summed E-state index contributed by atoms with van der Waals surface area (Å²) in [5.74, 6) is -1.79. The van der Waals surface area contributed by atoms with E-state index >= 15 is 0 Å². The molecule has 5 nitrogen and oxygen atoms in total. The molecule has 0 atom stereocenters. The van der Waals surface area contributed by atoms with Gasteiger partial charge in [-0.15, -0.1) is 0 Å². The fourth-order valence-electron chi connectivity index (χ4n) is 5.55. The van der Waals surface area contributed by atoms with Gasteiger partial charge in [0.2, 0.25) is 0 Å². The second kappa shape index (κ2) is 10.3. The highest BCUT2D eigenvalue weighted by molar-refractivity contribution is 6.31. The van der Waals surface area contributed by atoms with Crippen LogP contribution in [0.15, 0.2) is 66.7 Å². The van der Waals surface area contributed by atoms with Crippen molar-refractivity contribution in [1.82, 2.24) is 4.98 Å². The molecule has 0 bridgehead atoms. The molecule has 1 aliphatic carbocycles. The number of fused-ring (bicyclic) bond motifs is 2. The normalized spacial score (nSPS) is 16.3. The Hall–Kier alpha value is -3.51. The zero-order valence-electron chi connectivity index (χ0n) is 21.0. The average molecular weight is 526 g/mol. The summed E-state index contributed by atoms with van der Waals surface area (Å²) in [4.78, 5) is 16.7. The van der Waals surface area contributed by atoms with Crippen molar-refractivity contribution in [2.45, 2.75) is 37.9 Å². The maximum atomic E-state index is 12.0. The van der Waals surface area contributed by atoms with Crippen LogP contribution in [0.4, 0.5) is 0 Å². The highest BCUT2D eigenvalue weighted by Gasteiger charge is 2.38. The number of aryl methyl sites for hydroxylation is 3. The largest absolute Gasteiger partial charge is 0.478 e. The van der Waals surface area contributed by atoms with Gasteiger partial charge in [-0.25, -0.2) is 9.78 Å². The molecule has 6 heteroatoms. The summed E-state index contributed by atoms with van der Waals surface area (Å²) in [6, 6.07) is 21.8. The van der Waals surface area contributed by atoms with Gasteiger partial charge >= 0.3 is 5.97 Å². The molecule has 0 saturated carbocycles. The van der Waals surface area contributed by atoms with Crippen molar-refractivity contribution in [3.05, 3.63) is 111 Å². The van der Waals surface area contributed by atoms with Crippen LogP contribution < -0.4 is 0 Å². The standard InChI is InChI=1S/C32H28ClNO4/c33-27-10-8-22-9-12-28(34-30(22)20-27)11-7-21-3-1-6-26(17-21)32(37-15-16-38-32)14-13-25-18-23-4-2-5-24(23)19-29(25)31(35)36/h1,3,6-12,17-20H,2,4-5,13-16H2,(H,35,36)/b11-7+. The lowest BCUT2D eigenvalue weighted by Crippen LogP contribution is -2.28. The summed E-state index contributed by atoms with van der Waals surface area (Å²) in [6.07, 6.45) is 8.13. The van der Waals surface area contributed by atoms with Gasteiger partial charge in [-0.1, -0.05) is 54.1 Å². The molecular formula is C32H28ClNO4. The van der Waals surface area contributed by atoms with Crippen molar-refractivity contribution in [1.29, 1.82) is 0 Å². The fourth-order valence-corrected chi connectivity index (χ4v) is 5.72. The molecule has 0 spiro atoms. The van der Waals surface area contributed by atoms with Gasteiger partial charge in [0, 0.05) is 22.4 Å². The van der Waals surface area contributed by atoms with E-state index in [1.165, 1.54) is 5.56 Å². The fraction of sp³-hybridized carbons (Fsp3) is 0.250. The van der Waals surface area contributed by atoms with Crippen LogP contribution in [0.2, 0.25) is 5.02 Å². The number of hydrogen-bond donors (Lipinski definition) is 1. The van der Waals surface area contributed by atoms with Crippen LogP contribution in [0.25, 0.3) is 23.1 Å². The maximum absolute atomic E-state index is 12.0. The monoisotopic (exact) mass is 525 g/mol. The number of rotatable bonds is 7. The number of carboxylic acids is 1. The number of pyridine rings is 1. The Labute approximate surface area is 226 Å². The molecule has 4 aromatic rings. The van der Waals surface area contributed by atoms with E-state index in [1.807, 2.05) is 66.7 Å². The molecular weight excluding hydrogens is 498 g/mol. The number of ether oxygens (including phenoxy) is 2. The number of aromatic nitrogens is 1. The van der Waals surface area contributed by atoms with Crippen molar-refractivity contribution < 1.29 is 19.4 Å². The number of halogens is 1. The zero-order chi connectivity index (χ0) is 26.1. The van der Waals surface area contributed by atoms with Crippen molar-refractivity contribution >= 4 is 40.6 Å². The molecule has 3 aromatic carbocycles. The molecule has 0 amide bonds. The second-order valence-electron chi connectivity index (χ2n) is 9.92. The van der Waals surface area contributed by atoms with Crippen LogP contribution in [0.3, 0.4) is 0 Å². The highest BCUT2D eigenvalue weighted by atomic mass is 35.5. The number of carbonyl (C=O) groups is 1. The van der Waals surface area contributed by atoms with Gasteiger partial charge in [-0.2, -0.15) is 0 Å². The Morgan fingerprint density at radius 3 is 2.58 bits per heavy atom. The zero-order valence-corrected chi connectivity index (χ0v) is 21.7. The lowest BCUT2D eigenvalue weighted by atomic mass is 9.92. The predicted molar refractivity (Wildman–Crippen MR) is 149 cm³/mol. The Kier molecular flexibility index (Phi) is 6.75. The summed E-state index contributed by atoms with van der Waals surface area (Å²) in [5, 5.41) is 11.6. The highest BCUT2D eigenvalue weighted by Crippen LogP contribution is 2.38. The van der Waals surface area contributed by atoms with Gasteiger partial charge in [0.25, 0.3) is 0 Å². The molecule has 6 rings (SSSR count). The van der Waals surface area contributed by atoms with E-state index < -0.39 is 11.8 Å². The smallest absolute Gasteiger partial charge is 0.335 e. The van der Waals surface area contributed by atoms with E-state index in [9.17, 15) is 9.90 Å². The van der Waals surface area contributed by atoms with Crippen molar-refractivity contribution in [2.24, 2.45) is 0 Å². The number of hydrogen-bond acceptors (Lipinski definition) is 4. The Morgan fingerprint density at radius 2 is 1.76 bits per heavy atom. The first-order chi connectivity index (χ1) is 18.5. The van der Waals surface area contributed by atoms with Gasteiger partial charge in [-0.3, -0.25) is 0 Å². The first-order valence-electron chi connectivity index (χ1n) is 13.0. The van der Waals surface area contributed by atoms with Crippen LogP contribution in [-0.2, 0) is 34.5 Å². The van der Waals surface area contributed by atoms with E-state index in [4.69, 9.17) is 26.1 Å². The quantitative estimate of drug-likeness (QED) is 0.279. The second-order valence-corrected chi connectivity index (χ2v) is 10.4. The third kappa shape index (κ3) is 4.97. The molecule has 0 unspecified atom stereocenters. The first-order valence-corrected chi connectivity index (χ1v) is 13.4. The van der Waals surface area contributed by atoms with Crippen molar-refractivity contribution in [3.8, 4) is 0 Å². The molecule has 1 aromatic heterocycles. The number of aromatic carboxylic acids is 1. The lowest BCUT2D eigenvalue weighted by molar-refractivity contribution is -0.170. The summed E-state index contributed by atoms with van der Waals surface area (Å²) >= 11 is 6.14. The van der Waals surface area contributed by atoms with Gasteiger partial charge in [-0.05, 0) is 84.3 Å². The van der Waals surface area contributed by atoms with Crippen LogP contribution in [0.1, 0.15) is 56.7 Å². The van der Waals surface area contributed by atoms with Crippen molar-refractivity contribution in [3.63, 3.8) is 0 Å². The summed E-state index contributed by atoms with van der Waals surface area (Å²) in [6.45, 7) is 0.999. The Bertz CT molecular complexity index is 1550. The lowest BCUT2D eigenvalue weighted by Gasteiger charge is -2.28. The molecule has 192 valence electrons. The number of benzene rings is 3. The summed E-state index contributed by atoms with van der Waals surface area (Å²) in [7, 11) is 0. The molecule has 1 aliphatic heterocycles. The SMILES string of the molecule is O=C(O)c1cc2c(cc1CCC1(c3cccc(/C=C/c4ccc5ccc(Cl)cc5n4)c3)OCCO1)CCC2. The molecule has 1 saturated heterocycles. The molecule has 1 fully saturated rings. The Balaban J connectivity index is 1.25. The molecule has 2 heterocycles. The molecule has 38 heavy (non-hydrogen) atoms. The number of carboxylic acid groups (broad SMARTS) is 1.